The first kappa shape index (κ1) is 24.1. The van der Waals surface area contributed by atoms with Crippen LogP contribution < -0.4 is 0 Å². The highest BCUT2D eigenvalue weighted by Gasteiger charge is 2.24. The molecule has 0 spiro atoms. The molecule has 4 nitrogen and oxygen atoms in total. The molecule has 0 amide bonds. The Balaban J connectivity index is 1.41. The van der Waals surface area contributed by atoms with Gasteiger partial charge >= 0.3 is 0 Å². The molecular weight excluding hydrogens is 476 g/mol. The molecule has 0 atom stereocenters. The predicted molar refractivity (Wildman–Crippen MR) is 161 cm³/mol. The molecule has 5 aromatic rings. The maximum atomic E-state index is 4.79. The number of nitrogens with zero attached hydrogens (tertiary/aromatic N) is 4. The van der Waals surface area contributed by atoms with Crippen LogP contribution in [-0.2, 0) is 0 Å². The lowest BCUT2D eigenvalue weighted by Crippen LogP contribution is -2.04. The Morgan fingerprint density at radius 2 is 0.641 bits per heavy atom. The van der Waals surface area contributed by atoms with Gasteiger partial charge in [0.05, 0.1) is 11.4 Å². The Hall–Kier alpha value is -5.22. The molecular formula is C35H26N4. The summed E-state index contributed by atoms with van der Waals surface area (Å²) >= 11 is 0. The van der Waals surface area contributed by atoms with Crippen molar-refractivity contribution in [1.29, 1.82) is 0 Å². The van der Waals surface area contributed by atoms with Crippen LogP contribution in [0.4, 0.5) is 0 Å². The lowest BCUT2D eigenvalue weighted by Gasteiger charge is -2.06. The van der Waals surface area contributed by atoms with E-state index in [1.54, 1.807) is 0 Å². The van der Waals surface area contributed by atoms with Crippen molar-refractivity contribution in [3.05, 3.63) is 179 Å². The lowest BCUT2D eigenvalue weighted by molar-refractivity contribution is 1.20. The van der Waals surface area contributed by atoms with E-state index in [0.29, 0.717) is 6.42 Å². The molecule has 0 heterocycles. The van der Waals surface area contributed by atoms with Gasteiger partial charge < -0.3 is 0 Å². The monoisotopic (exact) mass is 502 g/mol. The molecule has 6 rings (SSSR count). The number of fused-ring (bicyclic) bond motifs is 1. The molecule has 0 unspecified atom stereocenters. The molecule has 4 heteroatoms. The van der Waals surface area contributed by atoms with Crippen molar-refractivity contribution in [1.82, 2.24) is 0 Å². The third-order valence-electron chi connectivity index (χ3n) is 6.61. The highest BCUT2D eigenvalue weighted by atomic mass is 15.2. The molecule has 0 bridgehead atoms. The normalized spacial score (nSPS) is 14.2. The van der Waals surface area contributed by atoms with E-state index in [9.17, 15) is 0 Å². The van der Waals surface area contributed by atoms with Gasteiger partial charge in [-0.3, -0.25) is 0 Å². The van der Waals surface area contributed by atoms with Crippen molar-refractivity contribution in [2.24, 2.45) is 20.4 Å². The first-order valence-corrected chi connectivity index (χ1v) is 13.0. The molecule has 0 fully saturated rings. The van der Waals surface area contributed by atoms with Crippen molar-refractivity contribution in [2.75, 3.05) is 0 Å². The predicted octanol–water partition coefficient (Wildman–Crippen LogP) is 7.57. The molecule has 0 saturated carbocycles. The highest BCUT2D eigenvalue weighted by Crippen LogP contribution is 2.25. The summed E-state index contributed by atoms with van der Waals surface area (Å²) in [7, 11) is 0. The highest BCUT2D eigenvalue weighted by molar-refractivity contribution is 6.28. The van der Waals surface area contributed by atoms with Gasteiger partial charge in [-0.25, -0.2) is 0 Å². The lowest BCUT2D eigenvalue weighted by atomic mass is 10.0. The van der Waals surface area contributed by atoms with Gasteiger partial charge in [0, 0.05) is 39.8 Å². The number of hydrogen-bond donors (Lipinski definition) is 0. The van der Waals surface area contributed by atoms with Gasteiger partial charge in [-0.15, -0.1) is 10.2 Å². The van der Waals surface area contributed by atoms with Gasteiger partial charge in [-0.2, -0.15) is 10.2 Å². The van der Waals surface area contributed by atoms with Gasteiger partial charge in [-0.1, -0.05) is 146 Å². The summed E-state index contributed by atoms with van der Waals surface area (Å²) in [6.45, 7) is 0. The van der Waals surface area contributed by atoms with Crippen molar-refractivity contribution in [3.8, 4) is 0 Å². The quantitative estimate of drug-likeness (QED) is 0.170. The average Bonchev–Trinajstić information content (AvgIpc) is 3.37. The molecule has 0 saturated heterocycles. The Morgan fingerprint density at radius 1 is 0.359 bits per heavy atom. The van der Waals surface area contributed by atoms with E-state index in [1.165, 1.54) is 0 Å². The zero-order chi connectivity index (χ0) is 26.3. The molecule has 0 aliphatic heterocycles. The van der Waals surface area contributed by atoms with Crippen LogP contribution in [0.1, 0.15) is 39.8 Å². The summed E-state index contributed by atoms with van der Waals surface area (Å²) in [6, 6.07) is 48.9. The fourth-order valence-electron chi connectivity index (χ4n) is 4.68. The summed E-state index contributed by atoms with van der Waals surface area (Å²) in [5, 5.41) is 19.1. The molecule has 186 valence electrons. The van der Waals surface area contributed by atoms with Crippen molar-refractivity contribution in [2.45, 2.75) is 6.42 Å². The third kappa shape index (κ3) is 5.41. The zero-order valence-corrected chi connectivity index (χ0v) is 21.4. The molecule has 5 aromatic carbocycles. The van der Waals surface area contributed by atoms with E-state index < -0.39 is 0 Å². The summed E-state index contributed by atoms with van der Waals surface area (Å²) in [5.41, 5.74) is 9.59. The summed E-state index contributed by atoms with van der Waals surface area (Å²) in [4.78, 5) is 0. The number of rotatable bonds is 6. The van der Waals surface area contributed by atoms with E-state index in [-0.39, 0.29) is 0 Å². The Kier molecular flexibility index (Phi) is 7.08. The second-order valence-corrected chi connectivity index (χ2v) is 9.18. The molecule has 0 aromatic heterocycles. The second-order valence-electron chi connectivity index (χ2n) is 9.18. The Morgan fingerprint density at radius 3 is 0.949 bits per heavy atom. The minimum absolute atomic E-state index is 0.556. The van der Waals surface area contributed by atoms with Gasteiger partial charge in [0.15, 0.2) is 0 Å². The molecule has 0 N–H and O–H groups in total. The Bertz CT molecular complexity index is 1470. The van der Waals surface area contributed by atoms with Gasteiger partial charge in [0.1, 0.15) is 11.4 Å². The molecule has 1 aliphatic rings. The largest absolute Gasteiger partial charge is 0.154 e. The molecule has 39 heavy (non-hydrogen) atoms. The molecule has 0 radical (unpaired) electrons. The number of hydrogen-bond acceptors (Lipinski definition) is 4. The van der Waals surface area contributed by atoms with Crippen LogP contribution in [0.2, 0.25) is 0 Å². The van der Waals surface area contributed by atoms with Crippen LogP contribution in [0.15, 0.2) is 166 Å². The van der Waals surface area contributed by atoms with E-state index in [1.807, 2.05) is 84.9 Å². The fraction of sp³-hybridized carbons (Fsp3) is 0.0286. The third-order valence-corrected chi connectivity index (χ3v) is 6.61. The van der Waals surface area contributed by atoms with Crippen molar-refractivity contribution >= 4 is 22.8 Å². The van der Waals surface area contributed by atoms with E-state index in [4.69, 9.17) is 20.4 Å². The fourth-order valence-corrected chi connectivity index (χ4v) is 4.68. The topological polar surface area (TPSA) is 49.4 Å². The average molecular weight is 503 g/mol. The Labute approximate surface area is 228 Å². The van der Waals surface area contributed by atoms with Gasteiger partial charge in [0.2, 0.25) is 0 Å². The maximum absolute atomic E-state index is 4.79. The summed E-state index contributed by atoms with van der Waals surface area (Å²) in [5.74, 6) is 0. The second kappa shape index (κ2) is 11.4. The smallest absolute Gasteiger partial charge is 0.100 e. The van der Waals surface area contributed by atoms with Crippen LogP contribution >= 0.6 is 0 Å². The van der Waals surface area contributed by atoms with Crippen LogP contribution in [0, 0.1) is 0 Å². The standard InChI is InChI=1S/C35H26N4/c1-5-15-26(16-6-1)34(27-17-7-2-8-18-27)38-36-32-25-33(31-24-14-13-23-30(31)32)37-39-35(28-19-9-3-10-20-28)29-21-11-4-12-22-29/h1-24H,25H2. The minimum Gasteiger partial charge on any atom is -0.154 e. The van der Waals surface area contributed by atoms with Gasteiger partial charge in [0.25, 0.3) is 0 Å². The van der Waals surface area contributed by atoms with E-state index in [0.717, 1.165) is 56.2 Å². The SMILES string of the molecule is c1ccc(C(=NN=C2CC(=NN=C(c3ccccc3)c3ccccc3)c3ccccc32)c2ccccc2)cc1. The van der Waals surface area contributed by atoms with Crippen LogP contribution in [-0.4, -0.2) is 22.8 Å². The van der Waals surface area contributed by atoms with Crippen LogP contribution in [0.3, 0.4) is 0 Å². The zero-order valence-electron chi connectivity index (χ0n) is 21.4. The maximum Gasteiger partial charge on any atom is 0.100 e. The molecule has 1 aliphatic carbocycles. The number of benzene rings is 5. The van der Waals surface area contributed by atoms with E-state index in [2.05, 4.69) is 60.7 Å². The first-order valence-electron chi connectivity index (χ1n) is 13.0. The minimum atomic E-state index is 0.556. The first-order chi connectivity index (χ1) is 19.4. The van der Waals surface area contributed by atoms with Crippen LogP contribution in [0.25, 0.3) is 0 Å². The van der Waals surface area contributed by atoms with Crippen molar-refractivity contribution in [3.63, 3.8) is 0 Å². The summed E-state index contributed by atoms with van der Waals surface area (Å²) in [6.07, 6.45) is 0.556. The summed E-state index contributed by atoms with van der Waals surface area (Å²) < 4.78 is 0. The van der Waals surface area contributed by atoms with E-state index >= 15 is 0 Å². The van der Waals surface area contributed by atoms with Crippen LogP contribution in [0.5, 0.6) is 0 Å². The van der Waals surface area contributed by atoms with Gasteiger partial charge in [-0.05, 0) is 0 Å². The van der Waals surface area contributed by atoms with Crippen molar-refractivity contribution < 1.29 is 0 Å².